The van der Waals surface area contributed by atoms with Crippen molar-refractivity contribution in [3.8, 4) is 0 Å². The fourth-order valence-corrected chi connectivity index (χ4v) is 6.86. The van der Waals surface area contributed by atoms with Crippen molar-refractivity contribution >= 4 is 41.0 Å². The van der Waals surface area contributed by atoms with Gasteiger partial charge in [-0.05, 0) is 59.2 Å². The monoisotopic (exact) mass is 670 g/mol. The summed E-state index contributed by atoms with van der Waals surface area (Å²) in [5.74, 6) is -0.742. The predicted molar refractivity (Wildman–Crippen MR) is 183 cm³/mol. The van der Waals surface area contributed by atoms with E-state index in [2.05, 4.69) is 28.1 Å². The SMILES string of the molecule is O=C(NCC(COCc1ccccc1)NC(=O)c1c(Cl)cc(C(=O)N2CCc3ccccc3C2)cc1Cl)N[C@@H]1CCc2ccccc21. The zero-order valence-corrected chi connectivity index (χ0v) is 27.3. The fraction of sp³-hybridized carbons (Fsp3) is 0.270. The number of nitrogens with one attached hydrogen (secondary N) is 3. The van der Waals surface area contributed by atoms with Crippen molar-refractivity contribution < 1.29 is 19.1 Å². The smallest absolute Gasteiger partial charge is 0.315 e. The summed E-state index contributed by atoms with van der Waals surface area (Å²) in [6.45, 7) is 1.62. The van der Waals surface area contributed by atoms with Gasteiger partial charge in [-0.25, -0.2) is 4.79 Å². The Balaban J connectivity index is 1.11. The molecule has 2 atom stereocenters. The molecule has 0 radical (unpaired) electrons. The van der Waals surface area contributed by atoms with Crippen molar-refractivity contribution in [2.24, 2.45) is 0 Å². The average molecular weight is 672 g/mol. The molecule has 47 heavy (non-hydrogen) atoms. The van der Waals surface area contributed by atoms with Crippen LogP contribution in [0.5, 0.6) is 0 Å². The largest absolute Gasteiger partial charge is 0.375 e. The van der Waals surface area contributed by atoms with Crippen LogP contribution in [0.3, 0.4) is 0 Å². The molecule has 4 aromatic carbocycles. The van der Waals surface area contributed by atoms with Gasteiger partial charge in [-0.1, -0.05) is 102 Å². The van der Waals surface area contributed by atoms with Crippen LogP contribution in [0, 0.1) is 0 Å². The molecule has 0 saturated heterocycles. The molecular weight excluding hydrogens is 635 g/mol. The number of ether oxygens (including phenoxy) is 1. The molecule has 2 aliphatic rings. The Labute approximate surface area is 284 Å². The van der Waals surface area contributed by atoms with Crippen molar-refractivity contribution in [3.63, 3.8) is 0 Å². The highest BCUT2D eigenvalue weighted by atomic mass is 35.5. The minimum absolute atomic E-state index is 0.0500. The van der Waals surface area contributed by atoms with Gasteiger partial charge < -0.3 is 25.6 Å². The van der Waals surface area contributed by atoms with E-state index in [9.17, 15) is 14.4 Å². The molecule has 6 rings (SSSR count). The van der Waals surface area contributed by atoms with E-state index in [1.54, 1.807) is 4.90 Å². The van der Waals surface area contributed by atoms with Crippen LogP contribution in [0.25, 0.3) is 0 Å². The van der Waals surface area contributed by atoms with Gasteiger partial charge in [0.15, 0.2) is 0 Å². The summed E-state index contributed by atoms with van der Waals surface area (Å²) < 4.78 is 5.93. The number of urea groups is 1. The van der Waals surface area contributed by atoms with Gasteiger partial charge in [0.2, 0.25) is 0 Å². The van der Waals surface area contributed by atoms with E-state index >= 15 is 0 Å². The lowest BCUT2D eigenvalue weighted by atomic mass is 9.99. The first-order valence-corrected chi connectivity index (χ1v) is 16.5. The van der Waals surface area contributed by atoms with Gasteiger partial charge in [0.1, 0.15) is 0 Å². The number of hydrogen-bond acceptors (Lipinski definition) is 4. The zero-order chi connectivity index (χ0) is 32.8. The Morgan fingerprint density at radius 3 is 2.30 bits per heavy atom. The second-order valence-electron chi connectivity index (χ2n) is 11.9. The van der Waals surface area contributed by atoms with Gasteiger partial charge >= 0.3 is 6.03 Å². The number of nitrogens with zero attached hydrogens (tertiary/aromatic N) is 1. The Morgan fingerprint density at radius 1 is 0.851 bits per heavy atom. The molecule has 0 saturated carbocycles. The van der Waals surface area contributed by atoms with Crippen LogP contribution >= 0.6 is 23.2 Å². The molecule has 1 unspecified atom stereocenters. The summed E-state index contributed by atoms with van der Waals surface area (Å²) in [7, 11) is 0. The maximum Gasteiger partial charge on any atom is 0.315 e. The Kier molecular flexibility index (Phi) is 10.4. The van der Waals surface area contributed by atoms with E-state index in [1.165, 1.54) is 23.3 Å². The third-order valence-corrected chi connectivity index (χ3v) is 9.24. The summed E-state index contributed by atoms with van der Waals surface area (Å²) in [5.41, 5.74) is 6.04. The van der Waals surface area contributed by atoms with E-state index in [0.29, 0.717) is 25.3 Å². The molecule has 0 bridgehead atoms. The topological polar surface area (TPSA) is 99.8 Å². The molecule has 10 heteroatoms. The molecule has 1 aliphatic heterocycles. The van der Waals surface area contributed by atoms with Crippen LogP contribution in [0.2, 0.25) is 10.0 Å². The molecular formula is C37H36Cl2N4O4. The zero-order valence-electron chi connectivity index (χ0n) is 25.8. The first kappa shape index (κ1) is 32.6. The molecule has 3 N–H and O–H groups in total. The van der Waals surface area contributed by atoms with Crippen molar-refractivity contribution in [1.82, 2.24) is 20.9 Å². The normalized spacial score (nSPS) is 15.7. The maximum absolute atomic E-state index is 13.6. The van der Waals surface area contributed by atoms with Crippen LogP contribution in [-0.2, 0) is 30.7 Å². The van der Waals surface area contributed by atoms with Crippen LogP contribution in [0.15, 0.2) is 91.0 Å². The van der Waals surface area contributed by atoms with E-state index < -0.39 is 11.9 Å². The maximum atomic E-state index is 13.6. The lowest BCUT2D eigenvalue weighted by Gasteiger charge is -2.29. The van der Waals surface area contributed by atoms with Crippen LogP contribution in [0.4, 0.5) is 4.79 Å². The number of amides is 4. The van der Waals surface area contributed by atoms with Gasteiger partial charge in [0.25, 0.3) is 11.8 Å². The highest BCUT2D eigenvalue weighted by Crippen LogP contribution is 2.31. The second-order valence-corrected chi connectivity index (χ2v) is 12.7. The summed E-state index contributed by atoms with van der Waals surface area (Å²) in [6.07, 6.45) is 2.50. The predicted octanol–water partition coefficient (Wildman–Crippen LogP) is 6.49. The van der Waals surface area contributed by atoms with E-state index in [0.717, 1.165) is 36.0 Å². The molecule has 8 nitrogen and oxygen atoms in total. The summed E-state index contributed by atoms with van der Waals surface area (Å²) in [5, 5.41) is 8.96. The molecule has 1 aliphatic carbocycles. The Bertz CT molecular complexity index is 1740. The highest BCUT2D eigenvalue weighted by Gasteiger charge is 2.27. The highest BCUT2D eigenvalue weighted by molar-refractivity contribution is 6.40. The minimum Gasteiger partial charge on any atom is -0.375 e. The van der Waals surface area contributed by atoms with Gasteiger partial charge in [-0.15, -0.1) is 0 Å². The Morgan fingerprint density at radius 2 is 1.53 bits per heavy atom. The quantitative estimate of drug-likeness (QED) is 0.180. The third-order valence-electron chi connectivity index (χ3n) is 8.65. The van der Waals surface area contributed by atoms with E-state index in [4.69, 9.17) is 27.9 Å². The average Bonchev–Trinajstić information content (AvgIpc) is 3.49. The molecule has 4 amide bonds. The van der Waals surface area contributed by atoms with Crippen molar-refractivity contribution in [2.45, 2.75) is 44.5 Å². The number of halogens is 2. The fourth-order valence-electron chi connectivity index (χ4n) is 6.20. The first-order chi connectivity index (χ1) is 22.9. The van der Waals surface area contributed by atoms with Gasteiger partial charge in [-0.2, -0.15) is 0 Å². The number of benzene rings is 4. The van der Waals surface area contributed by atoms with Crippen LogP contribution < -0.4 is 16.0 Å². The minimum atomic E-state index is -0.602. The first-order valence-electron chi connectivity index (χ1n) is 15.8. The van der Waals surface area contributed by atoms with Crippen LogP contribution in [-0.4, -0.2) is 48.5 Å². The molecule has 0 aromatic heterocycles. The van der Waals surface area contributed by atoms with E-state index in [1.807, 2.05) is 66.7 Å². The Hall–Kier alpha value is -4.37. The number of rotatable bonds is 10. The lowest BCUT2D eigenvalue weighted by Crippen LogP contribution is -2.49. The summed E-state index contributed by atoms with van der Waals surface area (Å²) in [4.78, 5) is 41.6. The number of carbonyl (C=O) groups excluding carboxylic acids is 3. The van der Waals surface area contributed by atoms with Gasteiger partial charge in [0.05, 0.1) is 40.9 Å². The van der Waals surface area contributed by atoms with E-state index in [-0.39, 0.29) is 46.7 Å². The standard InChI is InChI=1S/C37H36Cl2N4O4/c38-31-18-28(36(45)43-17-16-25-10-4-5-12-27(25)21-43)19-32(39)34(31)35(44)41-29(23-47-22-24-8-2-1-3-9-24)20-40-37(46)42-33-15-14-26-11-6-7-13-30(26)33/h1-13,18-19,29,33H,14-17,20-23H2,(H,41,44)(H2,40,42,46)/t29?,33-/m1/s1. The summed E-state index contributed by atoms with van der Waals surface area (Å²) in [6, 6.07) is 27.8. The molecule has 242 valence electrons. The van der Waals surface area contributed by atoms with Gasteiger partial charge in [-0.3, -0.25) is 9.59 Å². The molecule has 0 fully saturated rings. The van der Waals surface area contributed by atoms with Crippen molar-refractivity contribution in [3.05, 3.63) is 140 Å². The third kappa shape index (κ3) is 7.96. The number of carbonyl (C=O) groups is 3. The van der Waals surface area contributed by atoms with Crippen molar-refractivity contribution in [1.29, 1.82) is 0 Å². The van der Waals surface area contributed by atoms with Crippen molar-refractivity contribution in [2.75, 3.05) is 19.7 Å². The number of hydrogen-bond donors (Lipinski definition) is 3. The number of aryl methyl sites for hydroxylation is 1. The molecule has 1 heterocycles. The summed E-state index contributed by atoms with van der Waals surface area (Å²) >= 11 is 13.2. The number of fused-ring (bicyclic) bond motifs is 2. The molecule has 0 spiro atoms. The lowest BCUT2D eigenvalue weighted by molar-refractivity contribution is 0.0733. The van der Waals surface area contributed by atoms with Gasteiger partial charge in [0, 0.05) is 25.2 Å². The second kappa shape index (κ2) is 15.0. The van der Waals surface area contributed by atoms with Crippen LogP contribution in [0.1, 0.15) is 61.0 Å². The molecule has 4 aromatic rings.